The molecule has 0 aromatic carbocycles. The number of imidazole rings is 1. The van der Waals surface area contributed by atoms with E-state index in [1.165, 1.54) is 0 Å². The van der Waals surface area contributed by atoms with Crippen LogP contribution < -0.4 is 10.6 Å². The lowest BCUT2D eigenvalue weighted by Crippen LogP contribution is -2.20. The SMILES string of the molecule is CNCc1nc(NC)c2ncn(C3O[C@H](COP(P)P)[C@@H](C)[C@H]3C)c2n1. The van der Waals surface area contributed by atoms with Gasteiger partial charge in [0, 0.05) is 13.0 Å². The summed E-state index contributed by atoms with van der Waals surface area (Å²) in [7, 11) is 8.54. The summed E-state index contributed by atoms with van der Waals surface area (Å²) >= 11 is 0. The van der Waals surface area contributed by atoms with Crippen molar-refractivity contribution in [2.75, 3.05) is 26.0 Å². The molecule has 0 amide bonds. The smallest absolute Gasteiger partial charge is 0.167 e. The van der Waals surface area contributed by atoms with E-state index in [1.807, 2.05) is 18.7 Å². The molecule has 1 fully saturated rings. The monoisotopic (exact) mass is 416 g/mol. The van der Waals surface area contributed by atoms with Gasteiger partial charge in [0.25, 0.3) is 0 Å². The number of fused-ring (bicyclic) bond motifs is 1. The van der Waals surface area contributed by atoms with Crippen molar-refractivity contribution in [3.05, 3.63) is 12.2 Å². The fourth-order valence-electron chi connectivity index (χ4n) is 3.25. The normalized spacial score (nSPS) is 26.1. The van der Waals surface area contributed by atoms with Crippen LogP contribution in [-0.4, -0.2) is 46.3 Å². The first-order valence-corrected chi connectivity index (χ1v) is 13.1. The van der Waals surface area contributed by atoms with E-state index in [0.717, 1.165) is 22.8 Å². The number of hydrogen-bond donors (Lipinski definition) is 2. The van der Waals surface area contributed by atoms with Gasteiger partial charge in [0.05, 0.1) is 33.1 Å². The van der Waals surface area contributed by atoms with Gasteiger partial charge < -0.3 is 19.9 Å². The van der Waals surface area contributed by atoms with Crippen molar-refractivity contribution in [3.63, 3.8) is 0 Å². The van der Waals surface area contributed by atoms with Crippen molar-refractivity contribution in [3.8, 4) is 0 Å². The second-order valence-electron chi connectivity index (χ2n) is 6.53. The third-order valence-electron chi connectivity index (χ3n) is 4.88. The minimum absolute atomic E-state index is 0.0564. The Morgan fingerprint density at radius 2 is 2.04 bits per heavy atom. The van der Waals surface area contributed by atoms with Crippen LogP contribution in [-0.2, 0) is 15.8 Å². The van der Waals surface area contributed by atoms with Crippen LogP contribution in [0.15, 0.2) is 6.33 Å². The molecule has 0 saturated carbocycles. The van der Waals surface area contributed by atoms with Gasteiger partial charge in [0.2, 0.25) is 0 Å². The molecule has 11 heteroatoms. The van der Waals surface area contributed by atoms with E-state index < -0.39 is 7.53 Å². The van der Waals surface area contributed by atoms with Crippen LogP contribution in [0.1, 0.15) is 25.9 Å². The lowest BCUT2D eigenvalue weighted by Gasteiger charge is -2.18. The number of ether oxygens (including phenoxy) is 1. The summed E-state index contributed by atoms with van der Waals surface area (Å²) in [4.78, 5) is 13.8. The average Bonchev–Trinajstić information content (AvgIpc) is 3.15. The first kappa shape index (κ1) is 20.3. The first-order chi connectivity index (χ1) is 12.5. The van der Waals surface area contributed by atoms with Gasteiger partial charge in [-0.2, -0.15) is 0 Å². The van der Waals surface area contributed by atoms with E-state index in [9.17, 15) is 0 Å². The van der Waals surface area contributed by atoms with Crippen LogP contribution in [0.5, 0.6) is 0 Å². The van der Waals surface area contributed by atoms with Gasteiger partial charge in [-0.25, -0.2) is 15.0 Å². The number of nitrogens with one attached hydrogen (secondary N) is 2. The quantitative estimate of drug-likeness (QED) is 0.672. The molecule has 3 unspecified atom stereocenters. The summed E-state index contributed by atoms with van der Waals surface area (Å²) in [6.07, 6.45) is 1.74. The molecule has 8 nitrogen and oxygen atoms in total. The lowest BCUT2D eigenvalue weighted by atomic mass is 9.93. The van der Waals surface area contributed by atoms with Crippen LogP contribution in [0.4, 0.5) is 5.82 Å². The van der Waals surface area contributed by atoms with Gasteiger partial charge in [-0.05, 0) is 13.0 Å². The van der Waals surface area contributed by atoms with E-state index in [4.69, 9.17) is 14.2 Å². The maximum absolute atomic E-state index is 6.36. The molecule has 1 aliphatic heterocycles. The van der Waals surface area contributed by atoms with E-state index >= 15 is 0 Å². The molecule has 2 aromatic rings. The Hall–Kier alpha value is -0.480. The minimum Gasteiger partial charge on any atom is -0.371 e. The number of hydrogen-bond acceptors (Lipinski definition) is 7. The summed E-state index contributed by atoms with van der Waals surface area (Å²) in [5.74, 6) is 2.15. The number of anilines is 1. The molecule has 1 saturated heterocycles. The van der Waals surface area contributed by atoms with Crippen molar-refractivity contribution < 1.29 is 9.26 Å². The van der Waals surface area contributed by atoms with Crippen LogP contribution in [0.25, 0.3) is 11.2 Å². The summed E-state index contributed by atoms with van der Waals surface area (Å²) < 4.78 is 14.2. The lowest BCUT2D eigenvalue weighted by molar-refractivity contribution is -0.0269. The number of aromatic nitrogens is 4. The highest BCUT2D eigenvalue weighted by Gasteiger charge is 2.41. The van der Waals surface area contributed by atoms with Crippen LogP contribution in [0, 0.1) is 11.8 Å². The largest absolute Gasteiger partial charge is 0.371 e. The molecule has 2 N–H and O–H groups in total. The van der Waals surface area contributed by atoms with Crippen LogP contribution in [0.3, 0.4) is 0 Å². The topological polar surface area (TPSA) is 86.1 Å². The third-order valence-corrected chi connectivity index (χ3v) is 6.22. The molecule has 0 spiro atoms. The van der Waals surface area contributed by atoms with Gasteiger partial charge in [0.15, 0.2) is 17.0 Å². The van der Waals surface area contributed by atoms with Crippen molar-refractivity contribution in [1.82, 2.24) is 24.8 Å². The van der Waals surface area contributed by atoms with Crippen molar-refractivity contribution in [2.45, 2.75) is 32.7 Å². The van der Waals surface area contributed by atoms with Gasteiger partial charge in [-0.15, -0.1) is 0 Å². The average molecular weight is 416 g/mol. The molecular formula is C15H27N6O2P3. The standard InChI is InChI=1S/C15H27N6O2P3/c1-8-9(2)15(23-10(8)6-22-26(24)25)21-7-18-12-13(17-4)19-11(5-16-3)20-14(12)21/h7-10,15-16H,5-6,24-25H2,1-4H3,(H,17,19,20)/t8-,9+,10+,15?/m0/s1. The zero-order valence-corrected chi connectivity index (χ0v) is 18.7. The Morgan fingerprint density at radius 1 is 1.27 bits per heavy atom. The molecule has 0 radical (unpaired) electrons. The predicted molar refractivity (Wildman–Crippen MR) is 112 cm³/mol. The van der Waals surface area contributed by atoms with Crippen molar-refractivity contribution >= 4 is 42.4 Å². The van der Waals surface area contributed by atoms with Crippen molar-refractivity contribution in [2.24, 2.45) is 11.8 Å². The molecule has 3 rings (SSSR count). The third kappa shape index (κ3) is 4.01. The first-order valence-electron chi connectivity index (χ1n) is 8.60. The highest BCUT2D eigenvalue weighted by atomic mass is 32.4. The Labute approximate surface area is 159 Å². The maximum atomic E-state index is 6.36. The van der Waals surface area contributed by atoms with Gasteiger partial charge in [0.1, 0.15) is 12.1 Å². The predicted octanol–water partition coefficient (Wildman–Crippen LogP) is 2.75. The fraction of sp³-hybridized carbons (Fsp3) is 0.667. The number of nitrogens with zero attached hydrogens (tertiary/aromatic N) is 4. The summed E-state index contributed by atoms with van der Waals surface area (Å²) in [5, 5.41) is 6.22. The Kier molecular flexibility index (Phi) is 6.77. The molecule has 6 atom stereocenters. The van der Waals surface area contributed by atoms with Gasteiger partial charge in [-0.3, -0.25) is 4.57 Å². The van der Waals surface area contributed by atoms with E-state index in [0.29, 0.717) is 25.0 Å². The Balaban J connectivity index is 1.93. The summed E-state index contributed by atoms with van der Waals surface area (Å²) in [6, 6.07) is 0. The van der Waals surface area contributed by atoms with E-state index in [1.54, 1.807) is 6.33 Å². The molecule has 0 bridgehead atoms. The van der Waals surface area contributed by atoms with Crippen molar-refractivity contribution in [1.29, 1.82) is 0 Å². The summed E-state index contributed by atoms with van der Waals surface area (Å²) in [5.41, 5.74) is 1.55. The number of rotatable bonds is 7. The Bertz CT molecular complexity index is 758. The van der Waals surface area contributed by atoms with Gasteiger partial charge >= 0.3 is 0 Å². The molecule has 26 heavy (non-hydrogen) atoms. The molecular weight excluding hydrogens is 389 g/mol. The fourth-order valence-corrected chi connectivity index (χ4v) is 4.09. The Morgan fingerprint density at radius 3 is 2.69 bits per heavy atom. The van der Waals surface area contributed by atoms with Crippen LogP contribution in [0.2, 0.25) is 0 Å². The molecule has 2 aromatic heterocycles. The molecule has 3 heterocycles. The second-order valence-corrected chi connectivity index (χ2v) is 12.4. The second kappa shape index (κ2) is 8.68. The molecule has 144 valence electrons. The zero-order valence-electron chi connectivity index (χ0n) is 15.5. The zero-order chi connectivity index (χ0) is 18.8. The van der Waals surface area contributed by atoms with Gasteiger partial charge in [-0.1, -0.05) is 31.7 Å². The highest BCUT2D eigenvalue weighted by Crippen LogP contribution is 2.54. The van der Waals surface area contributed by atoms with Crippen LogP contribution >= 0.6 is 25.4 Å². The highest BCUT2D eigenvalue weighted by molar-refractivity contribution is 8.41. The van der Waals surface area contributed by atoms with E-state index in [2.05, 4.69) is 52.3 Å². The molecule has 1 aliphatic rings. The minimum atomic E-state index is -0.554. The maximum Gasteiger partial charge on any atom is 0.167 e. The van der Waals surface area contributed by atoms with E-state index in [-0.39, 0.29) is 12.3 Å². The summed E-state index contributed by atoms with van der Waals surface area (Å²) in [6.45, 7) is 5.61. The molecule has 0 aliphatic carbocycles.